The Morgan fingerprint density at radius 2 is 1.95 bits per heavy atom. The number of carbonyl (C=O) groups excluding carboxylic acids is 1. The molecule has 1 heterocycles. The van der Waals surface area contributed by atoms with Crippen LogP contribution in [0, 0.1) is 12.7 Å². The first-order chi connectivity index (χ1) is 10.0. The van der Waals surface area contributed by atoms with Crippen LogP contribution in [-0.2, 0) is 4.79 Å². The molecular formula is C16H14FNO3. The highest BCUT2D eigenvalue weighted by Gasteiger charge is 2.19. The van der Waals surface area contributed by atoms with Crippen LogP contribution in [0.4, 0.5) is 10.1 Å². The molecule has 0 aliphatic carbocycles. The maximum atomic E-state index is 13.3. The molecule has 1 aliphatic rings. The van der Waals surface area contributed by atoms with Gasteiger partial charge in [0.1, 0.15) is 17.7 Å². The number of carbonyl (C=O) groups is 1. The largest absolute Gasteiger partial charge is 0.482 e. The molecule has 4 nitrogen and oxygen atoms in total. The second kappa shape index (κ2) is 5.18. The number of aryl methyl sites for hydroxylation is 1. The Morgan fingerprint density at radius 1 is 1.24 bits per heavy atom. The monoisotopic (exact) mass is 287 g/mol. The molecule has 21 heavy (non-hydrogen) atoms. The Balaban J connectivity index is 1.94. The third-order valence-electron chi connectivity index (χ3n) is 3.45. The number of ether oxygens (including phenoxy) is 1. The van der Waals surface area contributed by atoms with Gasteiger partial charge in [0.2, 0.25) is 0 Å². The minimum Gasteiger partial charge on any atom is -0.482 e. The van der Waals surface area contributed by atoms with Gasteiger partial charge in [-0.2, -0.15) is 0 Å². The van der Waals surface area contributed by atoms with E-state index < -0.39 is 6.10 Å². The second-order valence-electron chi connectivity index (χ2n) is 5.00. The standard InChI is InChI=1S/C16H14FNO3/c1-9-6-10(2-4-12(9)17)16(20)11-3-5-14-13(7-11)18-15(19)8-21-14/h2-7,16,20H,8H2,1H3,(H,18,19). The highest BCUT2D eigenvalue weighted by Crippen LogP contribution is 2.32. The third-order valence-corrected chi connectivity index (χ3v) is 3.45. The lowest BCUT2D eigenvalue weighted by molar-refractivity contribution is -0.118. The van der Waals surface area contributed by atoms with Gasteiger partial charge in [-0.05, 0) is 41.8 Å². The Kier molecular flexibility index (Phi) is 3.35. The van der Waals surface area contributed by atoms with Gasteiger partial charge >= 0.3 is 0 Å². The molecule has 1 amide bonds. The molecule has 1 aliphatic heterocycles. The Morgan fingerprint density at radius 3 is 2.71 bits per heavy atom. The second-order valence-corrected chi connectivity index (χ2v) is 5.00. The molecule has 0 fully saturated rings. The Hall–Kier alpha value is -2.40. The van der Waals surface area contributed by atoms with Crippen molar-refractivity contribution in [2.24, 2.45) is 0 Å². The summed E-state index contributed by atoms with van der Waals surface area (Å²) in [6, 6.07) is 9.56. The van der Waals surface area contributed by atoms with E-state index in [0.717, 1.165) is 0 Å². The zero-order valence-electron chi connectivity index (χ0n) is 11.4. The zero-order chi connectivity index (χ0) is 15.0. The summed E-state index contributed by atoms with van der Waals surface area (Å²) in [5, 5.41) is 13.1. The summed E-state index contributed by atoms with van der Waals surface area (Å²) in [5.41, 5.74) is 2.20. The van der Waals surface area contributed by atoms with Crippen LogP contribution in [0.3, 0.4) is 0 Å². The van der Waals surface area contributed by atoms with Crippen LogP contribution in [-0.4, -0.2) is 17.6 Å². The molecule has 0 saturated carbocycles. The van der Waals surface area contributed by atoms with E-state index in [2.05, 4.69) is 5.32 Å². The van der Waals surface area contributed by atoms with E-state index in [1.807, 2.05) is 0 Å². The normalized spacial score (nSPS) is 14.9. The molecule has 5 heteroatoms. The van der Waals surface area contributed by atoms with Crippen LogP contribution in [0.2, 0.25) is 0 Å². The first kappa shape index (κ1) is 13.6. The maximum Gasteiger partial charge on any atom is 0.262 e. The zero-order valence-corrected chi connectivity index (χ0v) is 11.4. The number of halogens is 1. The first-order valence-corrected chi connectivity index (χ1v) is 6.55. The summed E-state index contributed by atoms with van der Waals surface area (Å²) in [6.45, 7) is 1.64. The number of hydrogen-bond acceptors (Lipinski definition) is 3. The van der Waals surface area contributed by atoms with Crippen LogP contribution < -0.4 is 10.1 Å². The lowest BCUT2D eigenvalue weighted by Gasteiger charge is -2.20. The molecule has 0 bridgehead atoms. The molecule has 3 rings (SSSR count). The van der Waals surface area contributed by atoms with Crippen molar-refractivity contribution in [3.8, 4) is 5.75 Å². The van der Waals surface area contributed by atoms with E-state index in [1.165, 1.54) is 6.07 Å². The molecule has 1 atom stereocenters. The fourth-order valence-electron chi connectivity index (χ4n) is 2.30. The van der Waals surface area contributed by atoms with Gasteiger partial charge in [0.15, 0.2) is 6.61 Å². The van der Waals surface area contributed by atoms with Gasteiger partial charge in [-0.3, -0.25) is 4.79 Å². The minimum absolute atomic E-state index is 0.00788. The summed E-state index contributed by atoms with van der Waals surface area (Å²) in [4.78, 5) is 11.3. The van der Waals surface area contributed by atoms with Crippen LogP contribution >= 0.6 is 0 Å². The van der Waals surface area contributed by atoms with Crippen molar-refractivity contribution >= 4 is 11.6 Å². The summed E-state index contributed by atoms with van der Waals surface area (Å²) in [7, 11) is 0. The van der Waals surface area contributed by atoms with Crippen molar-refractivity contribution < 1.29 is 19.0 Å². The van der Waals surface area contributed by atoms with Crippen molar-refractivity contribution in [1.82, 2.24) is 0 Å². The van der Waals surface area contributed by atoms with Crippen LogP contribution in [0.25, 0.3) is 0 Å². The van der Waals surface area contributed by atoms with Crippen LogP contribution in [0.1, 0.15) is 22.8 Å². The number of hydrogen-bond donors (Lipinski definition) is 2. The number of aliphatic hydroxyl groups is 1. The number of anilines is 1. The van der Waals surface area contributed by atoms with Crippen molar-refractivity contribution in [3.05, 3.63) is 58.9 Å². The number of rotatable bonds is 2. The van der Waals surface area contributed by atoms with E-state index in [1.54, 1.807) is 37.3 Å². The number of benzene rings is 2. The fraction of sp³-hybridized carbons (Fsp3) is 0.188. The van der Waals surface area contributed by atoms with E-state index in [9.17, 15) is 14.3 Å². The highest BCUT2D eigenvalue weighted by atomic mass is 19.1. The summed E-state index contributed by atoms with van der Waals surface area (Å²) in [6.07, 6.45) is -0.895. The molecular weight excluding hydrogens is 273 g/mol. The van der Waals surface area contributed by atoms with E-state index in [-0.39, 0.29) is 18.3 Å². The van der Waals surface area contributed by atoms with Gasteiger partial charge in [0.05, 0.1) is 5.69 Å². The van der Waals surface area contributed by atoms with Crippen molar-refractivity contribution in [2.45, 2.75) is 13.0 Å². The fourth-order valence-corrected chi connectivity index (χ4v) is 2.30. The van der Waals surface area contributed by atoms with Crippen LogP contribution in [0.5, 0.6) is 5.75 Å². The summed E-state index contributed by atoms with van der Waals surface area (Å²) >= 11 is 0. The highest BCUT2D eigenvalue weighted by molar-refractivity contribution is 5.95. The molecule has 0 saturated heterocycles. The summed E-state index contributed by atoms with van der Waals surface area (Å²) in [5.74, 6) is 0.0321. The maximum absolute atomic E-state index is 13.3. The molecule has 2 aromatic carbocycles. The van der Waals surface area contributed by atoms with Gasteiger partial charge < -0.3 is 15.2 Å². The minimum atomic E-state index is -0.895. The first-order valence-electron chi connectivity index (χ1n) is 6.55. The van der Waals surface area contributed by atoms with Gasteiger partial charge in [-0.25, -0.2) is 4.39 Å². The van der Waals surface area contributed by atoms with Crippen molar-refractivity contribution in [1.29, 1.82) is 0 Å². The molecule has 0 radical (unpaired) electrons. The van der Waals surface area contributed by atoms with Gasteiger partial charge in [-0.1, -0.05) is 18.2 Å². The molecule has 2 N–H and O–H groups in total. The topological polar surface area (TPSA) is 58.6 Å². The molecule has 0 aromatic heterocycles. The molecule has 2 aromatic rings. The van der Waals surface area contributed by atoms with E-state index in [4.69, 9.17) is 4.74 Å². The summed E-state index contributed by atoms with van der Waals surface area (Å²) < 4.78 is 18.6. The lowest BCUT2D eigenvalue weighted by atomic mass is 9.99. The number of fused-ring (bicyclic) bond motifs is 1. The predicted molar refractivity (Wildman–Crippen MR) is 75.8 cm³/mol. The number of amides is 1. The van der Waals surface area contributed by atoms with Crippen molar-refractivity contribution in [3.63, 3.8) is 0 Å². The smallest absolute Gasteiger partial charge is 0.262 e. The molecule has 108 valence electrons. The van der Waals surface area contributed by atoms with E-state index >= 15 is 0 Å². The van der Waals surface area contributed by atoms with Gasteiger partial charge in [-0.15, -0.1) is 0 Å². The Bertz CT molecular complexity index is 715. The lowest BCUT2D eigenvalue weighted by Crippen LogP contribution is -2.25. The Labute approximate surface area is 121 Å². The number of nitrogens with one attached hydrogen (secondary N) is 1. The number of aliphatic hydroxyl groups excluding tert-OH is 1. The average Bonchev–Trinajstić information content (AvgIpc) is 2.48. The van der Waals surface area contributed by atoms with Crippen molar-refractivity contribution in [2.75, 3.05) is 11.9 Å². The molecule has 0 spiro atoms. The predicted octanol–water partition coefficient (Wildman–Crippen LogP) is 2.55. The quantitative estimate of drug-likeness (QED) is 0.892. The SMILES string of the molecule is Cc1cc(C(O)c2ccc3c(c2)NC(=O)CO3)ccc1F. The molecule has 1 unspecified atom stereocenters. The van der Waals surface area contributed by atoms with Crippen LogP contribution in [0.15, 0.2) is 36.4 Å². The van der Waals surface area contributed by atoms with Gasteiger partial charge in [0.25, 0.3) is 5.91 Å². The third kappa shape index (κ3) is 2.60. The average molecular weight is 287 g/mol. The van der Waals surface area contributed by atoms with E-state index in [0.29, 0.717) is 28.1 Å². The van der Waals surface area contributed by atoms with Gasteiger partial charge in [0, 0.05) is 0 Å².